The lowest BCUT2D eigenvalue weighted by atomic mass is 10.00. The van der Waals surface area contributed by atoms with Gasteiger partial charge in [0.2, 0.25) is 5.91 Å². The van der Waals surface area contributed by atoms with E-state index in [2.05, 4.69) is 5.32 Å². The molecule has 238 valence electrons. The molecule has 47 heavy (non-hydrogen) atoms. The van der Waals surface area contributed by atoms with Gasteiger partial charge in [0.1, 0.15) is 11.8 Å². The maximum absolute atomic E-state index is 13.1. The molecule has 0 spiro atoms. The van der Waals surface area contributed by atoms with E-state index in [-0.39, 0.29) is 18.1 Å². The van der Waals surface area contributed by atoms with Crippen LogP contribution in [0.3, 0.4) is 0 Å². The number of nitrogens with zero attached hydrogens (tertiary/aromatic N) is 1. The van der Waals surface area contributed by atoms with E-state index in [1.807, 2.05) is 89.2 Å². The number of thiophene rings is 1. The van der Waals surface area contributed by atoms with Crippen LogP contribution in [0.25, 0.3) is 6.08 Å². The lowest BCUT2D eigenvalue weighted by molar-refractivity contribution is -0.137. The monoisotopic (exact) mass is 644 g/mol. The van der Waals surface area contributed by atoms with Crippen molar-refractivity contribution in [1.82, 2.24) is 4.90 Å². The van der Waals surface area contributed by atoms with Gasteiger partial charge in [-0.15, -0.1) is 11.3 Å². The van der Waals surface area contributed by atoms with Crippen molar-refractivity contribution in [3.05, 3.63) is 160 Å². The first-order chi connectivity index (χ1) is 23.0. The molecule has 0 saturated carbocycles. The molecule has 4 aromatic carbocycles. The van der Waals surface area contributed by atoms with Gasteiger partial charge in [0.05, 0.1) is 6.61 Å². The van der Waals surface area contributed by atoms with Crippen LogP contribution in [0.5, 0.6) is 5.75 Å². The van der Waals surface area contributed by atoms with E-state index in [9.17, 15) is 19.5 Å². The predicted octanol–water partition coefficient (Wildman–Crippen LogP) is 7.60. The molecule has 8 heteroatoms. The summed E-state index contributed by atoms with van der Waals surface area (Å²) in [7, 11) is 0. The van der Waals surface area contributed by atoms with Crippen LogP contribution in [0, 0.1) is 0 Å². The zero-order chi connectivity index (χ0) is 32.8. The van der Waals surface area contributed by atoms with Crippen LogP contribution >= 0.6 is 11.3 Å². The van der Waals surface area contributed by atoms with Crippen molar-refractivity contribution in [1.29, 1.82) is 0 Å². The van der Waals surface area contributed by atoms with Crippen LogP contribution in [-0.4, -0.2) is 46.9 Å². The van der Waals surface area contributed by atoms with E-state index in [1.54, 1.807) is 65.9 Å². The molecule has 0 bridgehead atoms. The molecule has 2 N–H and O–H groups in total. The van der Waals surface area contributed by atoms with Crippen LogP contribution in [0.4, 0.5) is 5.69 Å². The van der Waals surface area contributed by atoms with Gasteiger partial charge in [-0.25, -0.2) is 4.79 Å². The van der Waals surface area contributed by atoms with Crippen LogP contribution in [0.2, 0.25) is 0 Å². The normalized spacial score (nSPS) is 11.6. The Morgan fingerprint density at radius 1 is 0.809 bits per heavy atom. The van der Waals surface area contributed by atoms with E-state index in [0.717, 1.165) is 16.0 Å². The van der Waals surface area contributed by atoms with Gasteiger partial charge in [0.25, 0.3) is 0 Å². The number of aliphatic carboxylic acids is 1. The molecule has 7 nitrogen and oxygen atoms in total. The second-order valence-corrected chi connectivity index (χ2v) is 11.9. The summed E-state index contributed by atoms with van der Waals surface area (Å²) < 4.78 is 5.97. The van der Waals surface area contributed by atoms with Gasteiger partial charge in [0.15, 0.2) is 5.78 Å². The van der Waals surface area contributed by atoms with Crippen molar-refractivity contribution in [2.24, 2.45) is 0 Å². The highest BCUT2D eigenvalue weighted by molar-refractivity contribution is 7.10. The summed E-state index contributed by atoms with van der Waals surface area (Å²) in [5.74, 6) is -0.597. The molecule has 1 aromatic heterocycles. The largest absolute Gasteiger partial charge is 0.494 e. The molecule has 5 rings (SSSR count). The van der Waals surface area contributed by atoms with Gasteiger partial charge >= 0.3 is 5.97 Å². The number of carboxylic acids is 1. The van der Waals surface area contributed by atoms with Gasteiger partial charge in [-0.05, 0) is 59.3 Å². The number of anilines is 1. The first kappa shape index (κ1) is 32.9. The molecule has 0 saturated heterocycles. The van der Waals surface area contributed by atoms with E-state index >= 15 is 0 Å². The fourth-order valence-electron chi connectivity index (χ4n) is 5.06. The summed E-state index contributed by atoms with van der Waals surface area (Å²) in [6.07, 6.45) is 4.31. The summed E-state index contributed by atoms with van der Waals surface area (Å²) in [4.78, 5) is 41.2. The zero-order valence-corrected chi connectivity index (χ0v) is 26.6. The number of nitrogens with one attached hydrogen (secondary N) is 1. The fraction of sp³-hybridized carbons (Fsp3) is 0.154. The Kier molecular flexibility index (Phi) is 11.7. The third-order valence-corrected chi connectivity index (χ3v) is 8.34. The smallest absolute Gasteiger partial charge is 0.326 e. The van der Waals surface area contributed by atoms with Crippen molar-refractivity contribution in [3.63, 3.8) is 0 Å². The molecule has 1 amide bonds. The van der Waals surface area contributed by atoms with Gasteiger partial charge in [-0.2, -0.15) is 0 Å². The molecule has 1 atom stereocenters. The molecule has 0 unspecified atom stereocenters. The van der Waals surface area contributed by atoms with Crippen molar-refractivity contribution >= 4 is 40.8 Å². The van der Waals surface area contributed by atoms with Gasteiger partial charge in [0, 0.05) is 47.3 Å². The highest BCUT2D eigenvalue weighted by Crippen LogP contribution is 2.22. The lowest BCUT2D eigenvalue weighted by Crippen LogP contribution is -2.32. The van der Waals surface area contributed by atoms with E-state index in [0.29, 0.717) is 48.7 Å². The first-order valence-electron chi connectivity index (χ1n) is 15.4. The minimum atomic E-state index is -1.02. The number of rotatable bonds is 16. The van der Waals surface area contributed by atoms with Gasteiger partial charge in [-0.3, -0.25) is 9.59 Å². The number of amides is 1. The number of hydrogen-bond donors (Lipinski definition) is 2. The average molecular weight is 645 g/mol. The third kappa shape index (κ3) is 9.76. The summed E-state index contributed by atoms with van der Waals surface area (Å²) in [6, 6.07) is 36.1. The molecule has 0 aliphatic carbocycles. The number of benzene rings is 4. The van der Waals surface area contributed by atoms with Gasteiger partial charge < -0.3 is 20.1 Å². The molecule has 5 aromatic rings. The quantitative estimate of drug-likeness (QED) is 0.0653. The van der Waals surface area contributed by atoms with Crippen molar-refractivity contribution in [2.75, 3.05) is 18.5 Å². The topological polar surface area (TPSA) is 95.9 Å². The minimum Gasteiger partial charge on any atom is -0.494 e. The number of ketones is 1. The number of hydrogen-bond acceptors (Lipinski definition) is 6. The number of para-hydroxylation sites is 1. The number of carboxylic acid groups (broad SMARTS) is 1. The van der Waals surface area contributed by atoms with E-state index in [1.165, 1.54) is 0 Å². The minimum absolute atomic E-state index is 0.0553. The Balaban J connectivity index is 1.15. The van der Waals surface area contributed by atoms with Crippen LogP contribution in [0.15, 0.2) is 133 Å². The lowest BCUT2D eigenvalue weighted by Gasteiger charge is -2.21. The van der Waals surface area contributed by atoms with Crippen molar-refractivity contribution < 1.29 is 24.2 Å². The fourth-order valence-corrected chi connectivity index (χ4v) is 5.68. The summed E-state index contributed by atoms with van der Waals surface area (Å²) in [5.41, 5.74) is 3.28. The third-order valence-electron chi connectivity index (χ3n) is 7.50. The average Bonchev–Trinajstić information content (AvgIpc) is 3.63. The maximum Gasteiger partial charge on any atom is 0.326 e. The SMILES string of the molecule is O=C(c1ccccc1)c1ccccc1N[C@@H](Cc1ccc(OCCCN(Cc2ccccc2)C(=O)/C=C/c2cccs2)cc1)C(=O)O. The van der Waals surface area contributed by atoms with Gasteiger partial charge in [-0.1, -0.05) is 91.0 Å². The highest BCUT2D eigenvalue weighted by atomic mass is 32.1. The maximum atomic E-state index is 13.1. The van der Waals surface area contributed by atoms with Crippen LogP contribution in [0.1, 0.15) is 38.3 Å². The van der Waals surface area contributed by atoms with Crippen LogP contribution < -0.4 is 10.1 Å². The number of ether oxygens (including phenoxy) is 1. The summed E-state index contributed by atoms with van der Waals surface area (Å²) in [5, 5.41) is 15.0. The predicted molar refractivity (Wildman–Crippen MR) is 187 cm³/mol. The van der Waals surface area contributed by atoms with Crippen LogP contribution in [-0.2, 0) is 22.6 Å². The second-order valence-electron chi connectivity index (χ2n) is 10.9. The Bertz CT molecular complexity index is 1770. The Labute approximate surface area is 278 Å². The molecular weight excluding hydrogens is 609 g/mol. The number of carbonyl (C=O) groups is 3. The second kappa shape index (κ2) is 16.7. The molecular formula is C39H36N2O5S. The van der Waals surface area contributed by atoms with Crippen molar-refractivity contribution in [3.8, 4) is 5.75 Å². The molecule has 0 radical (unpaired) electrons. The Morgan fingerprint density at radius 3 is 2.21 bits per heavy atom. The zero-order valence-electron chi connectivity index (χ0n) is 25.8. The molecule has 1 heterocycles. The summed E-state index contributed by atoms with van der Waals surface area (Å²) in [6.45, 7) is 1.45. The van der Waals surface area contributed by atoms with E-state index < -0.39 is 12.0 Å². The Morgan fingerprint density at radius 2 is 1.51 bits per heavy atom. The number of carbonyl (C=O) groups excluding carboxylic acids is 2. The Hall–Kier alpha value is -5.47. The highest BCUT2D eigenvalue weighted by Gasteiger charge is 2.21. The first-order valence-corrected chi connectivity index (χ1v) is 16.3. The molecule has 0 aliphatic rings. The molecule has 0 fully saturated rings. The summed E-state index contributed by atoms with van der Waals surface area (Å²) >= 11 is 1.58. The molecule has 0 aliphatic heterocycles. The van der Waals surface area contributed by atoms with E-state index in [4.69, 9.17) is 4.74 Å². The van der Waals surface area contributed by atoms with Crippen molar-refractivity contribution in [2.45, 2.75) is 25.4 Å². The standard InChI is InChI=1S/C39H36N2O5S/c42-37(23-22-33-15-9-26-47-33)41(28-30-11-3-1-4-12-30)24-10-25-46-32-20-18-29(19-21-32)27-36(39(44)45)40-35-17-8-7-16-34(35)38(43)31-13-5-2-6-14-31/h1-9,11-23,26,36,40H,10,24-25,27-28H2,(H,44,45)/b23-22+/t36-/m0/s1.